The molecular weight excluding hydrogens is 360 g/mol. The van der Waals surface area contributed by atoms with Crippen LogP contribution in [0, 0.1) is 0 Å². The first kappa shape index (κ1) is 19.9. The Balaban J connectivity index is 2.09. The summed E-state index contributed by atoms with van der Waals surface area (Å²) < 4.78 is 0. The Morgan fingerprint density at radius 1 is 1.00 bits per heavy atom. The van der Waals surface area contributed by atoms with Gasteiger partial charge in [0.05, 0.1) is 5.25 Å². The van der Waals surface area contributed by atoms with Gasteiger partial charge in [0.15, 0.2) is 5.78 Å². The highest BCUT2D eigenvalue weighted by Gasteiger charge is 2.20. The molecule has 0 saturated carbocycles. The molecule has 2 aromatic carbocycles. The number of carbonyl (C=O) groups excluding carboxylic acids is 1. The van der Waals surface area contributed by atoms with Crippen LogP contribution in [0.2, 0.25) is 0 Å². The molecule has 0 fully saturated rings. The van der Waals surface area contributed by atoms with Gasteiger partial charge >= 0.3 is 0 Å². The smallest absolute Gasteiger partial charge is 0.168 e. The molecule has 2 aromatic rings. The molecule has 28 heavy (non-hydrogen) atoms. The number of allylic oxidation sites excluding steroid dienone is 6. The molecule has 0 saturated heterocycles. The molecule has 0 aliphatic heterocycles. The van der Waals surface area contributed by atoms with E-state index in [2.05, 4.69) is 55.1 Å². The van der Waals surface area contributed by atoms with Crippen molar-refractivity contribution in [3.63, 3.8) is 0 Å². The molecule has 2 heteroatoms. The molecule has 0 heterocycles. The van der Waals surface area contributed by atoms with E-state index in [9.17, 15) is 4.79 Å². The first-order valence-corrected chi connectivity index (χ1v) is 10.3. The minimum atomic E-state index is -0.138. The Hall–Kier alpha value is -2.80. The van der Waals surface area contributed by atoms with E-state index in [4.69, 9.17) is 0 Å². The molecule has 1 aliphatic rings. The third-order valence-electron chi connectivity index (χ3n) is 4.62. The van der Waals surface area contributed by atoms with Crippen LogP contribution in [0.4, 0.5) is 0 Å². The van der Waals surface area contributed by atoms with Gasteiger partial charge in [0.25, 0.3) is 0 Å². The third-order valence-corrected chi connectivity index (χ3v) is 5.90. The standard InChI is InChI=1S/C26H24OS/c1-4-12-24(27)20(3)28-25-18-11-17-23(21-13-7-5-8-14-21)26(19(25)2)22-15-9-6-10-16-22/h4-16,18,20H,1-3H3/b12-4+. The van der Waals surface area contributed by atoms with Crippen molar-refractivity contribution in [2.45, 2.75) is 26.0 Å². The van der Waals surface area contributed by atoms with Crippen LogP contribution in [0.5, 0.6) is 0 Å². The van der Waals surface area contributed by atoms with Gasteiger partial charge in [0.2, 0.25) is 0 Å². The van der Waals surface area contributed by atoms with Crippen molar-refractivity contribution in [2.24, 2.45) is 0 Å². The SMILES string of the molecule is C/C=C/C(=O)C(C)SC1=CC=C=C(c2ccccc2)C(c2ccccc2)=C1C. The average molecular weight is 385 g/mol. The molecule has 0 amide bonds. The predicted octanol–water partition coefficient (Wildman–Crippen LogP) is 6.86. The number of thioether (sulfide) groups is 1. The average Bonchev–Trinajstić information content (AvgIpc) is 2.88. The van der Waals surface area contributed by atoms with E-state index in [1.165, 1.54) is 0 Å². The van der Waals surface area contributed by atoms with Crippen molar-refractivity contribution in [3.05, 3.63) is 112 Å². The molecule has 3 rings (SSSR count). The first-order valence-electron chi connectivity index (χ1n) is 9.44. The number of benzene rings is 2. The van der Waals surface area contributed by atoms with Gasteiger partial charge in [-0.15, -0.1) is 17.5 Å². The summed E-state index contributed by atoms with van der Waals surface area (Å²) in [5, 5.41) is -0.138. The fourth-order valence-corrected chi connectivity index (χ4v) is 4.18. The highest BCUT2D eigenvalue weighted by atomic mass is 32.2. The summed E-state index contributed by atoms with van der Waals surface area (Å²) >= 11 is 1.60. The maximum atomic E-state index is 12.3. The van der Waals surface area contributed by atoms with Crippen LogP contribution in [0.1, 0.15) is 31.9 Å². The van der Waals surface area contributed by atoms with Gasteiger partial charge in [-0.3, -0.25) is 4.79 Å². The lowest BCUT2D eigenvalue weighted by Crippen LogP contribution is -2.10. The summed E-state index contributed by atoms with van der Waals surface area (Å²) in [6, 6.07) is 20.8. The third kappa shape index (κ3) is 4.54. The first-order chi connectivity index (χ1) is 13.6. The Bertz CT molecular complexity index is 1000. The lowest BCUT2D eigenvalue weighted by Gasteiger charge is -2.18. The van der Waals surface area contributed by atoms with Crippen LogP contribution >= 0.6 is 11.8 Å². The number of rotatable bonds is 6. The van der Waals surface area contributed by atoms with Crippen molar-refractivity contribution < 1.29 is 4.79 Å². The second-order valence-electron chi connectivity index (χ2n) is 6.61. The van der Waals surface area contributed by atoms with Crippen LogP contribution in [0.25, 0.3) is 11.1 Å². The zero-order valence-corrected chi connectivity index (χ0v) is 17.3. The molecule has 1 atom stereocenters. The minimum Gasteiger partial charge on any atom is -0.294 e. The van der Waals surface area contributed by atoms with Crippen molar-refractivity contribution in [1.29, 1.82) is 0 Å². The van der Waals surface area contributed by atoms with Crippen LogP contribution in [0.15, 0.2) is 101 Å². The van der Waals surface area contributed by atoms with E-state index >= 15 is 0 Å². The molecule has 0 bridgehead atoms. The van der Waals surface area contributed by atoms with Crippen LogP contribution in [-0.4, -0.2) is 11.0 Å². The van der Waals surface area contributed by atoms with Gasteiger partial charge in [-0.2, -0.15) is 0 Å². The highest BCUT2D eigenvalue weighted by Crippen LogP contribution is 2.40. The topological polar surface area (TPSA) is 17.1 Å². The van der Waals surface area contributed by atoms with Gasteiger partial charge in [-0.25, -0.2) is 0 Å². The van der Waals surface area contributed by atoms with E-state index in [1.807, 2.05) is 44.2 Å². The van der Waals surface area contributed by atoms with Crippen molar-refractivity contribution >= 4 is 28.7 Å². The summed E-state index contributed by atoms with van der Waals surface area (Å²) in [5.41, 5.74) is 9.16. The maximum absolute atomic E-state index is 12.3. The van der Waals surface area contributed by atoms with E-state index < -0.39 is 0 Å². The number of ketones is 1. The molecule has 0 radical (unpaired) electrons. The van der Waals surface area contributed by atoms with Gasteiger partial charge < -0.3 is 0 Å². The van der Waals surface area contributed by atoms with Crippen LogP contribution < -0.4 is 0 Å². The van der Waals surface area contributed by atoms with Crippen molar-refractivity contribution in [1.82, 2.24) is 0 Å². The van der Waals surface area contributed by atoms with E-state index in [0.29, 0.717) is 0 Å². The molecule has 0 aromatic heterocycles. The van der Waals surface area contributed by atoms with Gasteiger partial charge in [-0.05, 0) is 55.7 Å². The molecule has 1 nitrogen and oxygen atoms in total. The van der Waals surface area contributed by atoms with Crippen molar-refractivity contribution in [3.8, 4) is 0 Å². The fraction of sp³-hybridized carbons (Fsp3) is 0.154. The Morgan fingerprint density at radius 2 is 1.61 bits per heavy atom. The normalized spacial score (nSPS) is 15.2. The lowest BCUT2D eigenvalue weighted by molar-refractivity contribution is -0.113. The van der Waals surface area contributed by atoms with Crippen LogP contribution in [0.3, 0.4) is 0 Å². The number of carbonyl (C=O) groups is 1. The molecule has 140 valence electrons. The summed E-state index contributed by atoms with van der Waals surface area (Å²) in [6.45, 7) is 5.97. The number of hydrogen-bond donors (Lipinski definition) is 0. The Kier molecular flexibility index (Phi) is 6.71. The zero-order chi connectivity index (χ0) is 19.9. The van der Waals surface area contributed by atoms with E-state index in [-0.39, 0.29) is 11.0 Å². The highest BCUT2D eigenvalue weighted by molar-refractivity contribution is 8.04. The molecule has 1 unspecified atom stereocenters. The summed E-state index contributed by atoms with van der Waals surface area (Å²) in [7, 11) is 0. The molecular formula is C26H24OS. The second-order valence-corrected chi connectivity index (χ2v) is 7.99. The van der Waals surface area contributed by atoms with Gasteiger partial charge in [-0.1, -0.05) is 66.7 Å². The summed E-state index contributed by atoms with van der Waals surface area (Å²) in [6.07, 6.45) is 7.48. The lowest BCUT2D eigenvalue weighted by atomic mass is 9.90. The summed E-state index contributed by atoms with van der Waals surface area (Å²) in [4.78, 5) is 13.4. The monoisotopic (exact) mass is 384 g/mol. The zero-order valence-electron chi connectivity index (χ0n) is 16.5. The van der Waals surface area contributed by atoms with Crippen molar-refractivity contribution in [2.75, 3.05) is 0 Å². The molecule has 0 spiro atoms. The van der Waals surface area contributed by atoms with E-state index in [1.54, 1.807) is 23.9 Å². The summed E-state index contributed by atoms with van der Waals surface area (Å²) in [5.74, 6) is 0.131. The van der Waals surface area contributed by atoms with Gasteiger partial charge in [0, 0.05) is 16.1 Å². The fourth-order valence-electron chi connectivity index (χ4n) is 3.18. The van der Waals surface area contributed by atoms with Gasteiger partial charge in [0.1, 0.15) is 0 Å². The minimum absolute atomic E-state index is 0.131. The maximum Gasteiger partial charge on any atom is 0.168 e. The van der Waals surface area contributed by atoms with Crippen LogP contribution in [-0.2, 0) is 4.79 Å². The van der Waals surface area contributed by atoms with E-state index in [0.717, 1.165) is 32.8 Å². The Labute approximate surface area is 171 Å². The second kappa shape index (κ2) is 9.41. The predicted molar refractivity (Wildman–Crippen MR) is 122 cm³/mol. The largest absolute Gasteiger partial charge is 0.294 e. The molecule has 1 aliphatic carbocycles. The number of hydrogen-bond acceptors (Lipinski definition) is 2. The Morgan fingerprint density at radius 3 is 2.21 bits per heavy atom. The quantitative estimate of drug-likeness (QED) is 0.399. The molecule has 0 N–H and O–H groups in total.